The van der Waals surface area contributed by atoms with Gasteiger partial charge in [0, 0.05) is 11.3 Å². The molecule has 20 heavy (non-hydrogen) atoms. The Morgan fingerprint density at radius 1 is 1.35 bits per heavy atom. The molecule has 116 valence electrons. The van der Waals surface area contributed by atoms with Gasteiger partial charge in [0.2, 0.25) is 0 Å². The van der Waals surface area contributed by atoms with Gasteiger partial charge in [-0.3, -0.25) is 10.1 Å². The fraction of sp³-hybridized carbons (Fsp3) is 0.938. The zero-order chi connectivity index (χ0) is 14.6. The van der Waals surface area contributed by atoms with E-state index in [9.17, 15) is 9.90 Å². The lowest BCUT2D eigenvalue weighted by Gasteiger charge is -2.28. The van der Waals surface area contributed by atoms with E-state index < -0.39 is 11.5 Å². The van der Waals surface area contributed by atoms with Gasteiger partial charge in [0.25, 0.3) is 0 Å². The summed E-state index contributed by atoms with van der Waals surface area (Å²) in [6.07, 6.45) is 9.47. The van der Waals surface area contributed by atoms with Crippen molar-refractivity contribution in [3.05, 3.63) is 0 Å². The standard InChI is InChI=1S/C16H29NO2S/c1-12-5-3-6-14(11-12)20-10-4-9-16(2,15(18)19)17-13-7-8-13/h12-14,17H,3-11H2,1-2H3,(H,18,19). The first kappa shape index (κ1) is 16.2. The first-order chi connectivity index (χ1) is 9.49. The molecule has 0 heterocycles. The van der Waals surface area contributed by atoms with E-state index in [4.69, 9.17) is 0 Å². The van der Waals surface area contributed by atoms with Crippen LogP contribution in [-0.4, -0.2) is 33.7 Å². The van der Waals surface area contributed by atoms with Crippen molar-refractivity contribution in [2.24, 2.45) is 5.92 Å². The summed E-state index contributed by atoms with van der Waals surface area (Å²) >= 11 is 2.07. The average molecular weight is 299 g/mol. The van der Waals surface area contributed by atoms with E-state index in [1.165, 1.54) is 25.7 Å². The van der Waals surface area contributed by atoms with E-state index in [0.29, 0.717) is 6.04 Å². The highest BCUT2D eigenvalue weighted by Gasteiger charge is 2.37. The summed E-state index contributed by atoms with van der Waals surface area (Å²) in [7, 11) is 0. The third-order valence-corrected chi connectivity index (χ3v) is 6.06. The average Bonchev–Trinajstić information content (AvgIpc) is 3.18. The molecule has 3 nitrogen and oxygen atoms in total. The summed E-state index contributed by atoms with van der Waals surface area (Å²) in [5.74, 6) is 1.29. The number of hydrogen-bond donors (Lipinski definition) is 2. The van der Waals surface area contributed by atoms with Gasteiger partial charge in [-0.25, -0.2) is 0 Å². The summed E-state index contributed by atoms with van der Waals surface area (Å²) in [4.78, 5) is 11.5. The predicted octanol–water partition coefficient (Wildman–Crippen LogP) is 3.67. The molecule has 4 heteroatoms. The molecular formula is C16H29NO2S. The van der Waals surface area contributed by atoms with Gasteiger partial charge < -0.3 is 5.11 Å². The summed E-state index contributed by atoms with van der Waals surface area (Å²) in [6.45, 7) is 4.20. The van der Waals surface area contributed by atoms with Crippen LogP contribution in [0, 0.1) is 5.92 Å². The SMILES string of the molecule is CC1CCCC(SCCCC(C)(NC2CC2)C(=O)O)C1. The molecule has 0 aromatic rings. The third-order valence-electron chi connectivity index (χ3n) is 4.64. The number of nitrogens with one attached hydrogen (secondary N) is 1. The van der Waals surface area contributed by atoms with Crippen molar-refractivity contribution in [3.8, 4) is 0 Å². The van der Waals surface area contributed by atoms with Gasteiger partial charge in [-0.15, -0.1) is 0 Å². The van der Waals surface area contributed by atoms with Crippen LogP contribution in [0.15, 0.2) is 0 Å². The normalized spacial score (nSPS) is 29.9. The fourth-order valence-electron chi connectivity index (χ4n) is 3.12. The van der Waals surface area contributed by atoms with Crippen LogP contribution < -0.4 is 5.32 Å². The molecule has 2 fully saturated rings. The van der Waals surface area contributed by atoms with Gasteiger partial charge in [-0.2, -0.15) is 11.8 Å². The lowest BCUT2D eigenvalue weighted by molar-refractivity contribution is -0.144. The van der Waals surface area contributed by atoms with Gasteiger partial charge in [-0.05, 0) is 57.1 Å². The molecule has 2 aliphatic carbocycles. The Labute approximate surface area is 127 Å². The molecule has 0 aromatic carbocycles. The molecule has 3 atom stereocenters. The summed E-state index contributed by atoms with van der Waals surface area (Å²) in [5, 5.41) is 13.5. The zero-order valence-electron chi connectivity index (χ0n) is 12.9. The van der Waals surface area contributed by atoms with Crippen molar-refractivity contribution in [2.75, 3.05) is 5.75 Å². The molecule has 0 amide bonds. The minimum atomic E-state index is -0.721. The number of thioether (sulfide) groups is 1. The van der Waals surface area contributed by atoms with Crippen molar-refractivity contribution in [1.82, 2.24) is 5.32 Å². The summed E-state index contributed by atoms with van der Waals surface area (Å²) in [5.41, 5.74) is -0.721. The Kier molecular flexibility index (Phi) is 5.79. The number of carbonyl (C=O) groups is 1. The molecular weight excluding hydrogens is 270 g/mol. The molecule has 2 aliphatic rings. The Balaban J connectivity index is 1.66. The van der Waals surface area contributed by atoms with Gasteiger partial charge in [0.15, 0.2) is 0 Å². The minimum Gasteiger partial charge on any atom is -0.480 e. The van der Waals surface area contributed by atoms with Gasteiger partial charge in [0.05, 0.1) is 0 Å². The molecule has 2 rings (SSSR count). The van der Waals surface area contributed by atoms with Crippen LogP contribution in [-0.2, 0) is 4.79 Å². The van der Waals surface area contributed by atoms with E-state index >= 15 is 0 Å². The first-order valence-electron chi connectivity index (χ1n) is 8.12. The number of hydrogen-bond acceptors (Lipinski definition) is 3. The van der Waals surface area contributed by atoms with Crippen molar-refractivity contribution in [1.29, 1.82) is 0 Å². The van der Waals surface area contributed by atoms with Crippen molar-refractivity contribution in [2.45, 2.75) is 82.0 Å². The van der Waals surface area contributed by atoms with Crippen LogP contribution in [0.1, 0.15) is 65.2 Å². The fourth-order valence-corrected chi connectivity index (χ4v) is 4.57. The highest BCUT2D eigenvalue weighted by atomic mass is 32.2. The van der Waals surface area contributed by atoms with Crippen LogP contribution in [0.5, 0.6) is 0 Å². The van der Waals surface area contributed by atoms with E-state index in [1.807, 2.05) is 6.92 Å². The quantitative estimate of drug-likeness (QED) is 0.671. The van der Waals surface area contributed by atoms with Gasteiger partial charge in [-0.1, -0.05) is 19.8 Å². The second kappa shape index (κ2) is 7.17. The number of aliphatic carboxylic acids is 1. The highest BCUT2D eigenvalue weighted by Crippen LogP contribution is 2.33. The monoisotopic (exact) mass is 299 g/mol. The van der Waals surface area contributed by atoms with E-state index in [0.717, 1.165) is 42.6 Å². The second-order valence-corrected chi connectivity index (χ2v) is 8.33. The maximum atomic E-state index is 11.5. The Bertz CT molecular complexity index is 332. The lowest BCUT2D eigenvalue weighted by Crippen LogP contribution is -2.50. The molecule has 0 aliphatic heterocycles. The van der Waals surface area contributed by atoms with Crippen LogP contribution in [0.4, 0.5) is 0 Å². The van der Waals surface area contributed by atoms with E-state index in [2.05, 4.69) is 24.0 Å². The van der Waals surface area contributed by atoms with E-state index in [1.54, 1.807) is 0 Å². The Morgan fingerprint density at radius 2 is 2.10 bits per heavy atom. The number of rotatable bonds is 8. The van der Waals surface area contributed by atoms with E-state index in [-0.39, 0.29) is 0 Å². The summed E-state index contributed by atoms with van der Waals surface area (Å²) in [6, 6.07) is 0.447. The van der Waals surface area contributed by atoms with Crippen LogP contribution in [0.2, 0.25) is 0 Å². The molecule has 0 aromatic heterocycles. The molecule has 0 saturated heterocycles. The van der Waals surface area contributed by atoms with Crippen LogP contribution >= 0.6 is 11.8 Å². The Hall–Kier alpha value is -0.220. The molecule has 0 radical (unpaired) electrons. The molecule has 3 unspecified atom stereocenters. The second-order valence-electron chi connectivity index (χ2n) is 6.92. The molecule has 0 spiro atoms. The highest BCUT2D eigenvalue weighted by molar-refractivity contribution is 7.99. The number of carboxylic acid groups (broad SMARTS) is 1. The molecule has 2 N–H and O–H groups in total. The van der Waals surface area contributed by atoms with Gasteiger partial charge >= 0.3 is 5.97 Å². The Morgan fingerprint density at radius 3 is 2.70 bits per heavy atom. The van der Waals surface area contributed by atoms with Crippen molar-refractivity contribution in [3.63, 3.8) is 0 Å². The molecule has 0 bridgehead atoms. The van der Waals surface area contributed by atoms with Crippen molar-refractivity contribution >= 4 is 17.7 Å². The first-order valence-corrected chi connectivity index (χ1v) is 9.17. The maximum absolute atomic E-state index is 11.5. The smallest absolute Gasteiger partial charge is 0.323 e. The minimum absolute atomic E-state index is 0.447. The predicted molar refractivity (Wildman–Crippen MR) is 85.3 cm³/mol. The maximum Gasteiger partial charge on any atom is 0.323 e. The molecule has 2 saturated carbocycles. The summed E-state index contributed by atoms with van der Waals surface area (Å²) < 4.78 is 0. The lowest BCUT2D eigenvalue weighted by atomic mass is 9.91. The number of carboxylic acids is 1. The largest absolute Gasteiger partial charge is 0.480 e. The van der Waals surface area contributed by atoms with Gasteiger partial charge in [0.1, 0.15) is 5.54 Å². The van der Waals surface area contributed by atoms with Crippen LogP contribution in [0.3, 0.4) is 0 Å². The zero-order valence-corrected chi connectivity index (χ0v) is 13.7. The van der Waals surface area contributed by atoms with Crippen LogP contribution in [0.25, 0.3) is 0 Å². The third kappa shape index (κ3) is 4.96. The van der Waals surface area contributed by atoms with Crippen molar-refractivity contribution < 1.29 is 9.90 Å². The topological polar surface area (TPSA) is 49.3 Å².